The molecule has 4 heteroatoms. The minimum atomic E-state index is 0.726. The summed E-state index contributed by atoms with van der Waals surface area (Å²) in [6.07, 6.45) is 7.88. The van der Waals surface area contributed by atoms with Crippen molar-refractivity contribution in [1.82, 2.24) is 15.3 Å². The normalized spacial score (nSPS) is 26.8. The second kappa shape index (κ2) is 4.61. The quantitative estimate of drug-likeness (QED) is 0.855. The van der Waals surface area contributed by atoms with E-state index in [1.165, 1.54) is 25.8 Å². The summed E-state index contributed by atoms with van der Waals surface area (Å²) in [7, 11) is 0. The lowest BCUT2D eigenvalue weighted by Crippen LogP contribution is -2.33. The van der Waals surface area contributed by atoms with Crippen LogP contribution in [0.2, 0.25) is 0 Å². The van der Waals surface area contributed by atoms with Crippen LogP contribution in [-0.2, 0) is 6.54 Å². The maximum absolute atomic E-state index is 4.71. The lowest BCUT2D eigenvalue weighted by atomic mass is 10.1. The van der Waals surface area contributed by atoms with Crippen molar-refractivity contribution >= 4 is 5.82 Å². The third-order valence-corrected chi connectivity index (χ3v) is 3.93. The summed E-state index contributed by atoms with van der Waals surface area (Å²) in [5.41, 5.74) is 1.05. The molecule has 2 fully saturated rings. The molecule has 1 saturated heterocycles. The topological polar surface area (TPSA) is 41.1 Å². The van der Waals surface area contributed by atoms with Crippen molar-refractivity contribution in [3.63, 3.8) is 0 Å². The number of rotatable bonds is 4. The smallest absolute Gasteiger partial charge is 0.147 e. The summed E-state index contributed by atoms with van der Waals surface area (Å²) in [6.45, 7) is 5.08. The number of hydrogen-bond acceptors (Lipinski definition) is 4. The van der Waals surface area contributed by atoms with Crippen molar-refractivity contribution in [3.05, 3.63) is 18.1 Å². The molecule has 0 spiro atoms. The zero-order chi connectivity index (χ0) is 11.7. The van der Waals surface area contributed by atoms with E-state index in [4.69, 9.17) is 4.98 Å². The SMILES string of the molecule is CCNCc1cncc(N2CC3CCC2C3)n1. The van der Waals surface area contributed by atoms with E-state index in [0.29, 0.717) is 0 Å². The fraction of sp³-hybridized carbons (Fsp3) is 0.692. The van der Waals surface area contributed by atoms with Crippen LogP contribution in [0.5, 0.6) is 0 Å². The fourth-order valence-electron chi connectivity index (χ4n) is 3.08. The Morgan fingerprint density at radius 3 is 3.06 bits per heavy atom. The molecule has 4 nitrogen and oxygen atoms in total. The van der Waals surface area contributed by atoms with E-state index in [9.17, 15) is 0 Å². The molecule has 2 atom stereocenters. The second-order valence-corrected chi connectivity index (χ2v) is 5.13. The molecule has 2 heterocycles. The van der Waals surface area contributed by atoms with Crippen LogP contribution >= 0.6 is 0 Å². The van der Waals surface area contributed by atoms with Crippen molar-refractivity contribution in [2.75, 3.05) is 18.0 Å². The molecular weight excluding hydrogens is 212 g/mol. The molecule has 1 N–H and O–H groups in total. The first kappa shape index (κ1) is 11.0. The molecule has 2 unspecified atom stereocenters. The monoisotopic (exact) mass is 232 g/mol. The number of piperidine rings is 1. The molecular formula is C13H20N4. The number of nitrogens with zero attached hydrogens (tertiary/aromatic N) is 3. The van der Waals surface area contributed by atoms with Crippen molar-refractivity contribution in [1.29, 1.82) is 0 Å². The molecule has 0 amide bonds. The van der Waals surface area contributed by atoms with Gasteiger partial charge in [0.15, 0.2) is 0 Å². The number of aromatic nitrogens is 2. The summed E-state index contributed by atoms with van der Waals surface area (Å²) in [4.78, 5) is 11.5. The van der Waals surface area contributed by atoms with E-state index in [2.05, 4.69) is 22.1 Å². The van der Waals surface area contributed by atoms with E-state index in [-0.39, 0.29) is 0 Å². The Labute approximate surface area is 102 Å². The number of fused-ring (bicyclic) bond motifs is 2. The van der Waals surface area contributed by atoms with E-state index >= 15 is 0 Å². The Morgan fingerprint density at radius 2 is 2.35 bits per heavy atom. The van der Waals surface area contributed by atoms with Gasteiger partial charge in [-0.3, -0.25) is 4.98 Å². The summed E-state index contributed by atoms with van der Waals surface area (Å²) in [5, 5.41) is 3.30. The fourth-order valence-corrected chi connectivity index (χ4v) is 3.08. The Hall–Kier alpha value is -1.16. The zero-order valence-electron chi connectivity index (χ0n) is 10.4. The average Bonchev–Trinajstić information content (AvgIpc) is 2.99. The largest absolute Gasteiger partial charge is 0.352 e. The van der Waals surface area contributed by atoms with Crippen LogP contribution in [-0.4, -0.2) is 29.1 Å². The van der Waals surface area contributed by atoms with Crippen molar-refractivity contribution in [3.8, 4) is 0 Å². The van der Waals surface area contributed by atoms with Gasteiger partial charge in [0.1, 0.15) is 5.82 Å². The molecule has 17 heavy (non-hydrogen) atoms. The Balaban J connectivity index is 1.74. The van der Waals surface area contributed by atoms with Crippen molar-refractivity contribution in [2.45, 2.75) is 38.8 Å². The highest BCUT2D eigenvalue weighted by atomic mass is 15.3. The zero-order valence-corrected chi connectivity index (χ0v) is 10.4. The predicted octanol–water partition coefficient (Wildman–Crippen LogP) is 1.57. The molecule has 2 bridgehead atoms. The van der Waals surface area contributed by atoms with Gasteiger partial charge in [-0.05, 0) is 31.7 Å². The number of anilines is 1. The van der Waals surface area contributed by atoms with Gasteiger partial charge in [-0.1, -0.05) is 6.92 Å². The summed E-state index contributed by atoms with van der Waals surface area (Å²) in [5.74, 6) is 1.98. The highest BCUT2D eigenvalue weighted by molar-refractivity contribution is 5.40. The average molecular weight is 232 g/mol. The second-order valence-electron chi connectivity index (χ2n) is 5.13. The van der Waals surface area contributed by atoms with Gasteiger partial charge < -0.3 is 10.2 Å². The molecule has 1 aliphatic heterocycles. The van der Waals surface area contributed by atoms with Gasteiger partial charge in [0.25, 0.3) is 0 Å². The standard InChI is InChI=1S/C13H20N4/c1-2-14-6-11-7-15-8-13(16-11)17-9-10-3-4-12(17)5-10/h7-8,10,12,14H,2-6,9H2,1H3. The molecule has 1 aromatic heterocycles. The molecule has 92 valence electrons. The summed E-state index contributed by atoms with van der Waals surface area (Å²) in [6, 6.07) is 0.726. The van der Waals surface area contributed by atoms with E-state index in [1.54, 1.807) is 0 Å². The molecule has 2 aliphatic rings. The van der Waals surface area contributed by atoms with Gasteiger partial charge in [-0.15, -0.1) is 0 Å². The first-order chi connectivity index (χ1) is 8.36. The molecule has 1 saturated carbocycles. The van der Waals surface area contributed by atoms with Crippen LogP contribution in [0.3, 0.4) is 0 Å². The Bertz CT molecular complexity index is 393. The van der Waals surface area contributed by atoms with E-state index in [1.807, 2.05) is 12.4 Å². The summed E-state index contributed by atoms with van der Waals surface area (Å²) >= 11 is 0. The van der Waals surface area contributed by atoms with Gasteiger partial charge in [-0.25, -0.2) is 4.98 Å². The minimum absolute atomic E-state index is 0.726. The number of hydrogen-bond donors (Lipinski definition) is 1. The van der Waals surface area contributed by atoms with Crippen molar-refractivity contribution in [2.24, 2.45) is 5.92 Å². The maximum atomic E-state index is 4.71. The van der Waals surface area contributed by atoms with Gasteiger partial charge in [0.2, 0.25) is 0 Å². The van der Waals surface area contributed by atoms with Crippen molar-refractivity contribution < 1.29 is 0 Å². The highest BCUT2D eigenvalue weighted by Gasteiger charge is 2.38. The summed E-state index contributed by atoms with van der Waals surface area (Å²) < 4.78 is 0. The molecule has 0 radical (unpaired) electrons. The minimum Gasteiger partial charge on any atom is -0.352 e. The molecule has 1 aliphatic carbocycles. The lowest BCUT2D eigenvalue weighted by molar-refractivity contribution is 0.549. The van der Waals surface area contributed by atoms with Gasteiger partial charge in [0.05, 0.1) is 11.9 Å². The van der Waals surface area contributed by atoms with Gasteiger partial charge in [-0.2, -0.15) is 0 Å². The van der Waals surface area contributed by atoms with Gasteiger partial charge in [0, 0.05) is 25.3 Å². The first-order valence-electron chi connectivity index (χ1n) is 6.65. The third kappa shape index (κ3) is 2.14. The van der Waals surface area contributed by atoms with Crippen LogP contribution in [0.4, 0.5) is 5.82 Å². The van der Waals surface area contributed by atoms with Crippen LogP contribution in [0.1, 0.15) is 31.9 Å². The first-order valence-corrected chi connectivity index (χ1v) is 6.65. The molecule has 0 aromatic carbocycles. The van der Waals surface area contributed by atoms with Crippen LogP contribution in [0.25, 0.3) is 0 Å². The van der Waals surface area contributed by atoms with E-state index < -0.39 is 0 Å². The van der Waals surface area contributed by atoms with Crippen LogP contribution < -0.4 is 10.2 Å². The lowest BCUT2D eigenvalue weighted by Gasteiger charge is -2.27. The predicted molar refractivity (Wildman–Crippen MR) is 67.9 cm³/mol. The third-order valence-electron chi connectivity index (χ3n) is 3.93. The number of nitrogens with one attached hydrogen (secondary N) is 1. The molecule has 3 rings (SSSR count). The van der Waals surface area contributed by atoms with Crippen LogP contribution in [0.15, 0.2) is 12.4 Å². The molecule has 1 aromatic rings. The van der Waals surface area contributed by atoms with E-state index in [0.717, 1.165) is 36.6 Å². The highest BCUT2D eigenvalue weighted by Crippen LogP contribution is 2.39. The Kier molecular flexibility index (Phi) is 2.97. The Morgan fingerprint density at radius 1 is 1.41 bits per heavy atom. The maximum Gasteiger partial charge on any atom is 0.147 e. The van der Waals surface area contributed by atoms with Crippen LogP contribution in [0, 0.1) is 5.92 Å². The van der Waals surface area contributed by atoms with Gasteiger partial charge >= 0.3 is 0 Å².